The van der Waals surface area contributed by atoms with Gasteiger partial charge in [0.25, 0.3) is 0 Å². The fraction of sp³-hybridized carbons (Fsp3) is 1.00. The molecule has 0 aromatic carbocycles. The molecular weight excluding hydrogens is 276 g/mol. The second-order valence-corrected chi connectivity index (χ2v) is 7.79. The van der Waals surface area contributed by atoms with E-state index >= 15 is 0 Å². The molecule has 0 saturated carbocycles. The van der Waals surface area contributed by atoms with E-state index in [9.17, 15) is 5.11 Å². The van der Waals surface area contributed by atoms with Crippen LogP contribution in [0.1, 0.15) is 46.5 Å². The van der Waals surface area contributed by atoms with Gasteiger partial charge in [-0.2, -0.15) is 0 Å². The lowest BCUT2D eigenvalue weighted by atomic mass is 9.94. The normalized spacial score (nSPS) is 27.4. The van der Waals surface area contributed by atoms with E-state index < -0.39 is 0 Å². The summed E-state index contributed by atoms with van der Waals surface area (Å²) in [5.41, 5.74) is 0. The molecule has 2 aliphatic rings. The van der Waals surface area contributed by atoms with Gasteiger partial charge in [-0.15, -0.1) is 0 Å². The second kappa shape index (κ2) is 9.21. The number of hydrogen-bond donors (Lipinski definition) is 1. The van der Waals surface area contributed by atoms with Crippen molar-refractivity contribution in [1.29, 1.82) is 0 Å². The topological polar surface area (TPSA) is 35.9 Å². The summed E-state index contributed by atoms with van der Waals surface area (Å²) in [6.45, 7) is 13.7. The van der Waals surface area contributed by atoms with Gasteiger partial charge in [0.05, 0.1) is 18.8 Å². The van der Waals surface area contributed by atoms with E-state index in [0.717, 1.165) is 31.5 Å². The Kier molecular flexibility index (Phi) is 7.61. The maximum Gasteiger partial charge on any atom is 0.0900 e. The molecule has 0 aromatic heterocycles. The lowest BCUT2D eigenvalue weighted by Gasteiger charge is -2.38. The van der Waals surface area contributed by atoms with Crippen LogP contribution in [-0.4, -0.2) is 73.0 Å². The molecule has 2 unspecified atom stereocenters. The summed E-state index contributed by atoms with van der Waals surface area (Å²) < 4.78 is 5.52. The number of piperidine rings is 2. The van der Waals surface area contributed by atoms with Gasteiger partial charge in [-0.1, -0.05) is 6.92 Å². The molecule has 2 heterocycles. The van der Waals surface area contributed by atoms with E-state index in [2.05, 4.69) is 16.7 Å². The molecule has 0 radical (unpaired) electrons. The number of rotatable bonds is 7. The zero-order valence-electron chi connectivity index (χ0n) is 14.8. The van der Waals surface area contributed by atoms with Crippen molar-refractivity contribution in [3.63, 3.8) is 0 Å². The third kappa shape index (κ3) is 6.53. The highest BCUT2D eigenvalue weighted by molar-refractivity contribution is 4.79. The number of hydrogen-bond acceptors (Lipinski definition) is 4. The van der Waals surface area contributed by atoms with Crippen LogP contribution in [0.15, 0.2) is 0 Å². The van der Waals surface area contributed by atoms with Crippen LogP contribution >= 0.6 is 0 Å². The third-order valence-corrected chi connectivity index (χ3v) is 5.09. The van der Waals surface area contributed by atoms with Crippen LogP contribution in [0.5, 0.6) is 0 Å². The third-order valence-electron chi connectivity index (χ3n) is 5.09. The molecule has 2 aliphatic heterocycles. The fourth-order valence-corrected chi connectivity index (χ4v) is 3.73. The van der Waals surface area contributed by atoms with Crippen molar-refractivity contribution < 1.29 is 9.84 Å². The molecule has 2 saturated heterocycles. The van der Waals surface area contributed by atoms with E-state index in [1.165, 1.54) is 45.3 Å². The van der Waals surface area contributed by atoms with Crippen LogP contribution < -0.4 is 0 Å². The Labute approximate surface area is 136 Å². The summed E-state index contributed by atoms with van der Waals surface area (Å²) in [6, 6.07) is 0. The second-order valence-electron chi connectivity index (χ2n) is 7.79. The lowest BCUT2D eigenvalue weighted by Crippen LogP contribution is -2.45. The number of ether oxygens (including phenoxy) is 1. The van der Waals surface area contributed by atoms with E-state index in [-0.39, 0.29) is 12.2 Å². The first-order chi connectivity index (χ1) is 10.5. The van der Waals surface area contributed by atoms with Gasteiger partial charge in [-0.05, 0) is 71.0 Å². The Morgan fingerprint density at radius 2 is 1.82 bits per heavy atom. The predicted molar refractivity (Wildman–Crippen MR) is 91.1 cm³/mol. The molecule has 2 fully saturated rings. The van der Waals surface area contributed by atoms with Crippen LogP contribution in [0, 0.1) is 11.8 Å². The van der Waals surface area contributed by atoms with Crippen molar-refractivity contribution in [2.75, 3.05) is 45.9 Å². The predicted octanol–water partition coefficient (Wildman–Crippen LogP) is 2.22. The zero-order valence-corrected chi connectivity index (χ0v) is 14.8. The number of aliphatic hydroxyl groups is 1. The minimum absolute atomic E-state index is 0.199. The van der Waals surface area contributed by atoms with Crippen molar-refractivity contribution in [1.82, 2.24) is 9.80 Å². The summed E-state index contributed by atoms with van der Waals surface area (Å²) in [5.74, 6) is 1.69. The Morgan fingerprint density at radius 1 is 1.09 bits per heavy atom. The first-order valence-corrected chi connectivity index (χ1v) is 9.27. The zero-order chi connectivity index (χ0) is 15.9. The van der Waals surface area contributed by atoms with Gasteiger partial charge in [0, 0.05) is 19.6 Å². The number of β-amino-alcohol motifs (C(OH)–C–C–N with tert-alkyl or cyclic N) is 1. The molecule has 130 valence electrons. The highest BCUT2D eigenvalue weighted by Gasteiger charge is 2.25. The van der Waals surface area contributed by atoms with Crippen molar-refractivity contribution in [2.24, 2.45) is 11.8 Å². The molecule has 0 amide bonds. The summed E-state index contributed by atoms with van der Waals surface area (Å²) in [7, 11) is 0. The lowest BCUT2D eigenvalue weighted by molar-refractivity contribution is -0.0149. The standard InChI is InChI=1S/C18H36N2O2/c1-15(2)22-14-18(21)13-20-8-4-5-17(12-20)11-19-9-6-16(3)7-10-19/h15-18,21H,4-14H2,1-3H3. The highest BCUT2D eigenvalue weighted by atomic mass is 16.5. The van der Waals surface area contributed by atoms with Crippen LogP contribution in [0.2, 0.25) is 0 Å². The minimum atomic E-state index is -0.350. The molecule has 4 nitrogen and oxygen atoms in total. The van der Waals surface area contributed by atoms with E-state index in [1.54, 1.807) is 0 Å². The Bertz CT molecular complexity index is 303. The number of nitrogens with zero attached hydrogens (tertiary/aromatic N) is 2. The van der Waals surface area contributed by atoms with Crippen molar-refractivity contribution >= 4 is 0 Å². The first-order valence-electron chi connectivity index (χ1n) is 9.27. The van der Waals surface area contributed by atoms with Gasteiger partial charge in [0.1, 0.15) is 0 Å². The van der Waals surface area contributed by atoms with Crippen LogP contribution in [0.4, 0.5) is 0 Å². The van der Waals surface area contributed by atoms with Gasteiger partial charge < -0.3 is 19.6 Å². The van der Waals surface area contributed by atoms with E-state index in [0.29, 0.717) is 6.61 Å². The molecular formula is C18H36N2O2. The van der Waals surface area contributed by atoms with Crippen molar-refractivity contribution in [3.8, 4) is 0 Å². The highest BCUT2D eigenvalue weighted by Crippen LogP contribution is 2.21. The van der Waals surface area contributed by atoms with Gasteiger partial charge in [-0.25, -0.2) is 0 Å². The molecule has 0 aromatic rings. The summed E-state index contributed by atoms with van der Waals surface area (Å²) in [6.07, 6.45) is 5.19. The Balaban J connectivity index is 1.67. The van der Waals surface area contributed by atoms with Gasteiger partial charge in [-0.3, -0.25) is 0 Å². The van der Waals surface area contributed by atoms with Crippen LogP contribution in [0.25, 0.3) is 0 Å². The molecule has 0 bridgehead atoms. The molecule has 22 heavy (non-hydrogen) atoms. The van der Waals surface area contributed by atoms with Crippen molar-refractivity contribution in [3.05, 3.63) is 0 Å². The summed E-state index contributed by atoms with van der Waals surface area (Å²) in [4.78, 5) is 5.10. The molecule has 4 heteroatoms. The Hall–Kier alpha value is -0.160. The molecule has 2 atom stereocenters. The SMILES string of the molecule is CC1CCN(CC2CCCN(CC(O)COC(C)C)C2)CC1. The van der Waals surface area contributed by atoms with Crippen LogP contribution in [0.3, 0.4) is 0 Å². The maximum absolute atomic E-state index is 10.1. The Morgan fingerprint density at radius 3 is 2.50 bits per heavy atom. The minimum Gasteiger partial charge on any atom is -0.389 e. The monoisotopic (exact) mass is 312 g/mol. The molecule has 0 aliphatic carbocycles. The fourth-order valence-electron chi connectivity index (χ4n) is 3.73. The van der Waals surface area contributed by atoms with Gasteiger partial charge >= 0.3 is 0 Å². The average molecular weight is 312 g/mol. The maximum atomic E-state index is 10.1. The largest absolute Gasteiger partial charge is 0.389 e. The first kappa shape index (κ1) is 18.2. The van der Waals surface area contributed by atoms with E-state index in [4.69, 9.17) is 4.74 Å². The van der Waals surface area contributed by atoms with Gasteiger partial charge in [0.15, 0.2) is 0 Å². The summed E-state index contributed by atoms with van der Waals surface area (Å²) >= 11 is 0. The molecule has 0 spiro atoms. The number of likely N-dealkylation sites (tertiary alicyclic amines) is 2. The average Bonchev–Trinajstić information content (AvgIpc) is 2.48. The van der Waals surface area contributed by atoms with Crippen molar-refractivity contribution in [2.45, 2.75) is 58.7 Å². The van der Waals surface area contributed by atoms with E-state index in [1.807, 2.05) is 13.8 Å². The van der Waals surface area contributed by atoms with Gasteiger partial charge in [0.2, 0.25) is 0 Å². The summed E-state index contributed by atoms with van der Waals surface area (Å²) in [5, 5.41) is 10.1. The van der Waals surface area contributed by atoms with Crippen LogP contribution in [-0.2, 0) is 4.74 Å². The quantitative estimate of drug-likeness (QED) is 0.782. The molecule has 2 rings (SSSR count). The smallest absolute Gasteiger partial charge is 0.0900 e. The number of aliphatic hydroxyl groups excluding tert-OH is 1. The molecule has 1 N–H and O–H groups in total.